The van der Waals surface area contributed by atoms with E-state index in [4.69, 9.17) is 4.74 Å². The zero-order valence-electron chi connectivity index (χ0n) is 26.1. The first-order valence-corrected chi connectivity index (χ1v) is 14.9. The zero-order chi connectivity index (χ0) is 35.1. The number of carboxylic acid groups (broad SMARTS) is 3. The highest BCUT2D eigenvalue weighted by molar-refractivity contribution is 5.84. The van der Waals surface area contributed by atoms with Crippen molar-refractivity contribution in [2.75, 3.05) is 72.0 Å². The molecule has 1 aliphatic rings. The van der Waals surface area contributed by atoms with E-state index in [1.807, 2.05) is 0 Å². The number of nitro benzene ring substituents is 1. The Morgan fingerprint density at radius 2 is 1.21 bits per heavy atom. The van der Waals surface area contributed by atoms with Gasteiger partial charge in [-0.2, -0.15) is 0 Å². The molecule has 258 valence electrons. The molecule has 0 aliphatic carbocycles. The zero-order valence-corrected chi connectivity index (χ0v) is 26.1. The number of hydrogen-bond donors (Lipinski definition) is 3. The summed E-state index contributed by atoms with van der Waals surface area (Å²) in [5, 5.41) is 39.2. The fourth-order valence-electron chi connectivity index (χ4n) is 4.79. The third-order valence-corrected chi connectivity index (χ3v) is 7.19. The summed E-state index contributed by atoms with van der Waals surface area (Å²) in [6, 6.07) is 13.9. The van der Waals surface area contributed by atoms with Gasteiger partial charge in [0.15, 0.2) is 0 Å². The van der Waals surface area contributed by atoms with Crippen molar-refractivity contribution in [2.45, 2.75) is 6.54 Å². The van der Waals surface area contributed by atoms with Crippen molar-refractivity contribution in [1.82, 2.24) is 24.5 Å². The van der Waals surface area contributed by atoms with Crippen molar-refractivity contribution in [3.8, 4) is 5.75 Å². The van der Waals surface area contributed by atoms with E-state index in [9.17, 15) is 49.4 Å². The van der Waals surface area contributed by atoms with E-state index in [1.165, 1.54) is 51.4 Å². The summed E-state index contributed by atoms with van der Waals surface area (Å²) in [4.78, 5) is 79.1. The lowest BCUT2D eigenvalue weighted by atomic mass is 10.2. The lowest BCUT2D eigenvalue weighted by molar-refractivity contribution is -0.384. The smallest absolute Gasteiger partial charge is 0.331 e. The van der Waals surface area contributed by atoms with Crippen LogP contribution in [0.25, 0.3) is 0 Å². The number of ether oxygens (including phenoxy) is 1. The molecule has 0 radical (unpaired) electrons. The van der Waals surface area contributed by atoms with Crippen LogP contribution in [-0.2, 0) is 30.5 Å². The Kier molecular flexibility index (Phi) is 14.3. The molecule has 3 rings (SSSR count). The molecule has 3 N–H and O–H groups in total. The third-order valence-electron chi connectivity index (χ3n) is 7.19. The van der Waals surface area contributed by atoms with Gasteiger partial charge in [0.2, 0.25) is 5.91 Å². The molecule has 48 heavy (non-hydrogen) atoms. The molecular weight excluding hydrogens is 632 g/mol. The number of aliphatic carboxylic acids is 3. The highest BCUT2D eigenvalue weighted by Gasteiger charge is 2.24. The first kappa shape index (κ1) is 36.9. The van der Waals surface area contributed by atoms with Gasteiger partial charge in [-0.3, -0.25) is 39.1 Å². The molecule has 0 spiro atoms. The van der Waals surface area contributed by atoms with Gasteiger partial charge in [-0.1, -0.05) is 30.3 Å². The van der Waals surface area contributed by atoms with E-state index in [2.05, 4.69) is 0 Å². The van der Waals surface area contributed by atoms with Crippen molar-refractivity contribution < 1.29 is 49.0 Å². The normalized spacial score (nSPS) is 15.4. The second kappa shape index (κ2) is 18.6. The Morgan fingerprint density at radius 1 is 0.708 bits per heavy atom. The summed E-state index contributed by atoms with van der Waals surface area (Å²) in [5.74, 6) is -4.48. The maximum atomic E-state index is 13.8. The molecule has 0 atom stereocenters. The molecule has 17 nitrogen and oxygen atoms in total. The van der Waals surface area contributed by atoms with Gasteiger partial charge in [0.1, 0.15) is 25.4 Å². The SMILES string of the molecule is O=C(O)CN1/C=C\N(CC(=O)O)CCN(CC(=O)N(CC(=O)Oc2ccc([N+](=O)[O-])cc2)Cc2ccccc2)CCN(CC(=O)O)CC1. The molecule has 0 saturated carbocycles. The van der Waals surface area contributed by atoms with Crippen LogP contribution in [0.5, 0.6) is 5.75 Å². The minimum atomic E-state index is -1.12. The number of esters is 1. The molecule has 0 aromatic heterocycles. The predicted octanol–water partition coefficient (Wildman–Crippen LogP) is 0.476. The number of carboxylic acids is 3. The molecule has 17 heteroatoms. The van der Waals surface area contributed by atoms with E-state index in [0.29, 0.717) is 0 Å². The Hall–Kier alpha value is -5.55. The number of hydrogen-bond acceptors (Lipinski definition) is 12. The second-order valence-corrected chi connectivity index (χ2v) is 10.9. The van der Waals surface area contributed by atoms with Crippen LogP contribution in [0.3, 0.4) is 0 Å². The van der Waals surface area contributed by atoms with Crippen LogP contribution < -0.4 is 4.74 Å². The Labute approximate surface area is 275 Å². The largest absolute Gasteiger partial charge is 0.480 e. The molecule has 1 aliphatic heterocycles. The van der Waals surface area contributed by atoms with Crippen LogP contribution in [0.15, 0.2) is 67.0 Å². The number of non-ortho nitro benzene ring substituents is 1. The summed E-state index contributed by atoms with van der Waals surface area (Å²) < 4.78 is 5.34. The molecule has 0 unspecified atom stereocenters. The van der Waals surface area contributed by atoms with Gasteiger partial charge in [0.25, 0.3) is 5.69 Å². The highest BCUT2D eigenvalue weighted by Crippen LogP contribution is 2.18. The number of carbonyl (C=O) groups excluding carboxylic acids is 2. The highest BCUT2D eigenvalue weighted by atomic mass is 16.6. The molecule has 2 aromatic rings. The quantitative estimate of drug-likeness (QED) is 0.108. The van der Waals surface area contributed by atoms with Crippen molar-refractivity contribution in [1.29, 1.82) is 0 Å². The van der Waals surface area contributed by atoms with Crippen LogP contribution in [0, 0.1) is 10.1 Å². The first-order chi connectivity index (χ1) is 22.9. The van der Waals surface area contributed by atoms with Gasteiger partial charge >= 0.3 is 23.9 Å². The summed E-state index contributed by atoms with van der Waals surface area (Å²) in [6.07, 6.45) is 2.90. The lowest BCUT2D eigenvalue weighted by Gasteiger charge is -2.32. The van der Waals surface area contributed by atoms with Crippen LogP contribution in [0.4, 0.5) is 5.69 Å². The first-order valence-electron chi connectivity index (χ1n) is 14.9. The summed E-state index contributed by atoms with van der Waals surface area (Å²) >= 11 is 0. The molecular formula is C31H38N6O11. The third kappa shape index (κ3) is 13.4. The fraction of sp³-hybridized carbons (Fsp3) is 0.387. The summed E-state index contributed by atoms with van der Waals surface area (Å²) in [5.41, 5.74) is 0.553. The molecule has 0 fully saturated rings. The van der Waals surface area contributed by atoms with Gasteiger partial charge < -0.3 is 34.8 Å². The lowest BCUT2D eigenvalue weighted by Crippen LogP contribution is -2.48. The second-order valence-electron chi connectivity index (χ2n) is 10.9. The topological polar surface area (TPSA) is 215 Å². The minimum absolute atomic E-state index is 0.0568. The number of carbonyl (C=O) groups is 5. The minimum Gasteiger partial charge on any atom is -0.480 e. The average molecular weight is 671 g/mol. The number of nitrogens with zero attached hydrogens (tertiary/aromatic N) is 6. The fourth-order valence-corrected chi connectivity index (χ4v) is 4.79. The van der Waals surface area contributed by atoms with Gasteiger partial charge in [-0.05, 0) is 17.7 Å². The van der Waals surface area contributed by atoms with Gasteiger partial charge in [-0.25, -0.2) is 4.79 Å². The van der Waals surface area contributed by atoms with Gasteiger partial charge in [0.05, 0.1) is 18.0 Å². The van der Waals surface area contributed by atoms with E-state index in [-0.39, 0.29) is 83.4 Å². The standard InChI is InChI=1S/C31H38N6O11/c38-27(36(18-24-4-2-1-3-5-24)23-31(45)48-26-8-6-25(7-9-26)37(46)47)19-32-10-12-33(20-28(39)40)14-16-35(22-30(43)44)17-15-34(13-11-32)21-29(41)42/h1-9,14,16H,10-13,15,17-23H2,(H,39,40)(H,41,42)(H,43,44)/b16-14-. The van der Waals surface area contributed by atoms with Crippen LogP contribution >= 0.6 is 0 Å². The maximum absolute atomic E-state index is 13.8. The monoisotopic (exact) mass is 670 g/mol. The van der Waals surface area contributed by atoms with E-state index >= 15 is 0 Å². The molecule has 0 saturated heterocycles. The van der Waals surface area contributed by atoms with Crippen molar-refractivity contribution in [2.24, 2.45) is 0 Å². The van der Waals surface area contributed by atoms with Crippen LogP contribution in [0.1, 0.15) is 5.56 Å². The Bertz CT molecular complexity index is 1450. The average Bonchev–Trinajstić information content (AvgIpc) is 3.02. The van der Waals surface area contributed by atoms with Gasteiger partial charge in [-0.15, -0.1) is 0 Å². The molecule has 1 amide bonds. The van der Waals surface area contributed by atoms with E-state index in [0.717, 1.165) is 5.56 Å². The van der Waals surface area contributed by atoms with E-state index < -0.39 is 41.3 Å². The van der Waals surface area contributed by atoms with Gasteiger partial charge in [0, 0.05) is 70.3 Å². The predicted molar refractivity (Wildman–Crippen MR) is 169 cm³/mol. The Balaban J connectivity index is 1.81. The molecule has 1 heterocycles. The molecule has 0 bridgehead atoms. The van der Waals surface area contributed by atoms with Crippen molar-refractivity contribution in [3.63, 3.8) is 0 Å². The van der Waals surface area contributed by atoms with Crippen molar-refractivity contribution in [3.05, 3.63) is 82.7 Å². The number of amides is 1. The van der Waals surface area contributed by atoms with E-state index in [1.54, 1.807) is 40.1 Å². The van der Waals surface area contributed by atoms with Crippen LogP contribution in [0.2, 0.25) is 0 Å². The van der Waals surface area contributed by atoms with Crippen LogP contribution in [-0.4, -0.2) is 147 Å². The van der Waals surface area contributed by atoms with Crippen molar-refractivity contribution >= 4 is 35.5 Å². The Morgan fingerprint density at radius 3 is 1.71 bits per heavy atom. The summed E-state index contributed by atoms with van der Waals surface area (Å²) in [6.45, 7) is -0.636. The maximum Gasteiger partial charge on any atom is 0.331 e. The molecule has 2 aromatic carbocycles. The summed E-state index contributed by atoms with van der Waals surface area (Å²) in [7, 11) is 0. The number of rotatable bonds is 14. The number of benzene rings is 2. The number of nitro groups is 1.